The lowest BCUT2D eigenvalue weighted by Gasteiger charge is -2.18. The van der Waals surface area contributed by atoms with Gasteiger partial charge in [-0.1, -0.05) is 6.07 Å². The van der Waals surface area contributed by atoms with Crippen LogP contribution < -0.4 is 0 Å². The molecule has 0 bridgehead atoms. The largest absolute Gasteiger partial charge is 0.504 e. The number of rotatable bonds is 3. The molecular weight excluding hydrogens is 251 g/mol. The van der Waals surface area contributed by atoms with Gasteiger partial charge in [0.2, 0.25) is 0 Å². The lowest BCUT2D eigenvalue weighted by atomic mass is 10.1. The van der Waals surface area contributed by atoms with Gasteiger partial charge < -0.3 is 15.1 Å². The molecule has 7 heteroatoms. The Morgan fingerprint density at radius 2 is 1.89 bits per heavy atom. The second-order valence-electron chi connectivity index (χ2n) is 3.80. The van der Waals surface area contributed by atoms with Gasteiger partial charge >= 0.3 is 12.1 Å². The van der Waals surface area contributed by atoms with Crippen LogP contribution in [0.25, 0.3) is 0 Å². The smallest absolute Gasteiger partial charge is 0.471 e. The van der Waals surface area contributed by atoms with Crippen molar-refractivity contribution in [3.8, 4) is 11.5 Å². The number of aromatic hydroxyl groups is 2. The molecule has 18 heavy (non-hydrogen) atoms. The van der Waals surface area contributed by atoms with Crippen LogP contribution in [-0.4, -0.2) is 40.8 Å². The Morgan fingerprint density at radius 3 is 2.39 bits per heavy atom. The first-order valence-corrected chi connectivity index (χ1v) is 5.05. The molecule has 0 radical (unpaired) electrons. The molecule has 1 rings (SSSR count). The molecule has 1 amide bonds. The molecule has 0 aliphatic carbocycles. The van der Waals surface area contributed by atoms with Gasteiger partial charge in [0.1, 0.15) is 0 Å². The van der Waals surface area contributed by atoms with Gasteiger partial charge in [0, 0.05) is 13.6 Å². The van der Waals surface area contributed by atoms with E-state index in [1.807, 2.05) is 0 Å². The maximum atomic E-state index is 12.1. The third-order valence-corrected chi connectivity index (χ3v) is 2.36. The standard InChI is InChI=1S/C11H12F3NO3/c1-15(10(18)11(12,13)14)5-4-7-2-3-8(16)9(17)6-7/h2-3,6,16-17H,4-5H2,1H3. The minimum absolute atomic E-state index is 0.136. The SMILES string of the molecule is CN(CCc1ccc(O)c(O)c1)C(=O)C(F)(F)F. The fourth-order valence-electron chi connectivity index (χ4n) is 1.34. The number of hydrogen-bond acceptors (Lipinski definition) is 3. The van der Waals surface area contributed by atoms with Crippen LogP contribution in [0, 0.1) is 0 Å². The summed E-state index contributed by atoms with van der Waals surface area (Å²) in [7, 11) is 1.05. The van der Waals surface area contributed by atoms with Crippen LogP contribution >= 0.6 is 0 Å². The molecule has 4 nitrogen and oxygen atoms in total. The molecule has 1 aromatic rings. The van der Waals surface area contributed by atoms with Crippen LogP contribution in [0.4, 0.5) is 13.2 Å². The Labute approximate surface area is 101 Å². The van der Waals surface area contributed by atoms with E-state index in [1.54, 1.807) is 0 Å². The number of phenols is 2. The normalized spacial score (nSPS) is 11.3. The lowest BCUT2D eigenvalue weighted by Crippen LogP contribution is -2.39. The van der Waals surface area contributed by atoms with Gasteiger partial charge in [-0.15, -0.1) is 0 Å². The van der Waals surface area contributed by atoms with Crippen LogP contribution in [0.5, 0.6) is 11.5 Å². The highest BCUT2D eigenvalue weighted by Gasteiger charge is 2.40. The molecule has 0 saturated carbocycles. The van der Waals surface area contributed by atoms with E-state index in [1.165, 1.54) is 18.2 Å². The van der Waals surface area contributed by atoms with Crippen molar-refractivity contribution in [3.05, 3.63) is 23.8 Å². The topological polar surface area (TPSA) is 60.8 Å². The molecule has 100 valence electrons. The van der Waals surface area contributed by atoms with Crippen molar-refractivity contribution >= 4 is 5.91 Å². The zero-order valence-electron chi connectivity index (χ0n) is 9.53. The van der Waals surface area contributed by atoms with E-state index < -0.39 is 12.1 Å². The van der Waals surface area contributed by atoms with Crippen molar-refractivity contribution in [3.63, 3.8) is 0 Å². The quantitative estimate of drug-likeness (QED) is 0.815. The third-order valence-electron chi connectivity index (χ3n) is 2.36. The number of benzene rings is 1. The summed E-state index contributed by atoms with van der Waals surface area (Å²) in [6, 6.07) is 3.93. The Morgan fingerprint density at radius 1 is 1.28 bits per heavy atom. The number of alkyl halides is 3. The summed E-state index contributed by atoms with van der Waals surface area (Å²) in [4.78, 5) is 11.4. The summed E-state index contributed by atoms with van der Waals surface area (Å²) in [6.07, 6.45) is -4.74. The van der Waals surface area contributed by atoms with Gasteiger partial charge in [-0.05, 0) is 24.1 Å². The summed E-state index contributed by atoms with van der Waals surface area (Å²) in [5.74, 6) is -2.57. The lowest BCUT2D eigenvalue weighted by molar-refractivity contribution is -0.184. The molecule has 0 saturated heterocycles. The zero-order chi connectivity index (χ0) is 13.9. The van der Waals surface area contributed by atoms with E-state index in [9.17, 15) is 23.1 Å². The molecule has 0 unspecified atom stereocenters. The average molecular weight is 263 g/mol. The second kappa shape index (κ2) is 5.16. The summed E-state index contributed by atoms with van der Waals surface area (Å²) >= 11 is 0. The van der Waals surface area contributed by atoms with Crippen molar-refractivity contribution < 1.29 is 28.2 Å². The van der Waals surface area contributed by atoms with Crippen molar-refractivity contribution in [2.75, 3.05) is 13.6 Å². The van der Waals surface area contributed by atoms with Crippen LogP contribution in [0.2, 0.25) is 0 Å². The van der Waals surface area contributed by atoms with Crippen molar-refractivity contribution in [1.82, 2.24) is 4.90 Å². The molecule has 0 spiro atoms. The van der Waals surface area contributed by atoms with E-state index in [0.29, 0.717) is 10.5 Å². The van der Waals surface area contributed by atoms with Crippen LogP contribution in [-0.2, 0) is 11.2 Å². The summed E-state index contributed by atoms with van der Waals surface area (Å²) in [5.41, 5.74) is 0.520. The maximum absolute atomic E-state index is 12.1. The highest BCUT2D eigenvalue weighted by atomic mass is 19.4. The number of likely N-dealkylation sites (N-methyl/N-ethyl adjacent to an activating group) is 1. The zero-order valence-corrected chi connectivity index (χ0v) is 9.53. The molecule has 0 aromatic heterocycles. The van der Waals surface area contributed by atoms with Crippen LogP contribution in [0.3, 0.4) is 0 Å². The van der Waals surface area contributed by atoms with Crippen molar-refractivity contribution in [2.24, 2.45) is 0 Å². The predicted octanol–water partition coefficient (Wildman–Crippen LogP) is 1.66. The van der Waals surface area contributed by atoms with Gasteiger partial charge in [-0.25, -0.2) is 0 Å². The van der Waals surface area contributed by atoms with Crippen LogP contribution in [0.15, 0.2) is 18.2 Å². The minimum Gasteiger partial charge on any atom is -0.504 e. The first-order valence-electron chi connectivity index (χ1n) is 5.05. The highest BCUT2D eigenvalue weighted by Crippen LogP contribution is 2.25. The number of nitrogens with zero attached hydrogens (tertiary/aromatic N) is 1. The van der Waals surface area contributed by atoms with Gasteiger partial charge in [-0.2, -0.15) is 13.2 Å². The predicted molar refractivity (Wildman–Crippen MR) is 57.2 cm³/mol. The monoisotopic (exact) mass is 263 g/mol. The second-order valence-corrected chi connectivity index (χ2v) is 3.80. The summed E-state index contributed by atoms with van der Waals surface area (Å²) in [6.45, 7) is -0.136. The van der Waals surface area contributed by atoms with Gasteiger partial charge in [0.25, 0.3) is 0 Å². The minimum atomic E-state index is -4.88. The Hall–Kier alpha value is -1.92. The first-order chi connectivity index (χ1) is 8.21. The summed E-state index contributed by atoms with van der Waals surface area (Å²) < 4.78 is 36.2. The number of amides is 1. The molecular formula is C11H12F3NO3. The molecule has 0 atom stereocenters. The number of hydrogen-bond donors (Lipinski definition) is 2. The van der Waals surface area contributed by atoms with Gasteiger partial charge in [0.05, 0.1) is 0 Å². The van der Waals surface area contributed by atoms with E-state index in [0.717, 1.165) is 7.05 Å². The molecule has 0 aliphatic rings. The summed E-state index contributed by atoms with van der Waals surface area (Å²) in [5, 5.41) is 18.2. The van der Waals surface area contributed by atoms with Crippen molar-refractivity contribution in [2.45, 2.75) is 12.6 Å². The third kappa shape index (κ3) is 3.54. The molecule has 0 aliphatic heterocycles. The number of carbonyl (C=O) groups excluding carboxylic acids is 1. The van der Waals surface area contributed by atoms with E-state index in [-0.39, 0.29) is 24.5 Å². The van der Waals surface area contributed by atoms with Crippen molar-refractivity contribution in [1.29, 1.82) is 0 Å². The van der Waals surface area contributed by atoms with Gasteiger partial charge in [0.15, 0.2) is 11.5 Å². The molecule has 0 fully saturated rings. The van der Waals surface area contributed by atoms with E-state index in [4.69, 9.17) is 5.11 Å². The first kappa shape index (κ1) is 14.1. The Kier molecular flexibility index (Phi) is 4.05. The fourth-order valence-corrected chi connectivity index (χ4v) is 1.34. The van der Waals surface area contributed by atoms with E-state index >= 15 is 0 Å². The highest BCUT2D eigenvalue weighted by molar-refractivity contribution is 5.81. The van der Waals surface area contributed by atoms with Crippen LogP contribution in [0.1, 0.15) is 5.56 Å². The number of halogens is 3. The molecule has 2 N–H and O–H groups in total. The van der Waals surface area contributed by atoms with E-state index in [2.05, 4.69) is 0 Å². The Balaban J connectivity index is 2.60. The van der Waals surface area contributed by atoms with Gasteiger partial charge in [-0.3, -0.25) is 4.79 Å². The maximum Gasteiger partial charge on any atom is 0.471 e. The Bertz CT molecular complexity index is 446. The fraction of sp³-hybridized carbons (Fsp3) is 0.364. The number of carbonyl (C=O) groups is 1. The number of phenolic OH excluding ortho intramolecular Hbond substituents is 2. The molecule has 1 aromatic carbocycles. The average Bonchev–Trinajstić information content (AvgIpc) is 2.28. The molecule has 0 heterocycles.